The minimum atomic E-state index is 0.365. The fraction of sp³-hybridized carbons (Fsp3) is 0.833. The van der Waals surface area contributed by atoms with Crippen LogP contribution in [-0.2, 0) is 0 Å². The van der Waals surface area contributed by atoms with E-state index in [1.807, 2.05) is 6.92 Å². The van der Waals surface area contributed by atoms with Crippen LogP contribution in [0.3, 0.4) is 0 Å². The van der Waals surface area contributed by atoms with Crippen molar-refractivity contribution in [1.29, 1.82) is 0 Å². The summed E-state index contributed by atoms with van der Waals surface area (Å²) >= 11 is 0. The maximum absolute atomic E-state index is 3.25. The van der Waals surface area contributed by atoms with Crippen LogP contribution in [0.1, 0.15) is 60.3 Å². The van der Waals surface area contributed by atoms with Gasteiger partial charge in [0.15, 0.2) is 0 Å². The summed E-state index contributed by atoms with van der Waals surface area (Å²) in [6.45, 7) is 11.1. The van der Waals surface area contributed by atoms with Crippen molar-refractivity contribution < 1.29 is 0 Å². The maximum atomic E-state index is 3.25. The zero-order valence-corrected chi connectivity index (χ0v) is 9.33. The van der Waals surface area contributed by atoms with Gasteiger partial charge in [-0.2, -0.15) is 0 Å². The molecule has 71 valence electrons. The van der Waals surface area contributed by atoms with Crippen LogP contribution in [-0.4, -0.2) is 0 Å². The Morgan fingerprint density at radius 1 is 1.25 bits per heavy atom. The lowest BCUT2D eigenvalue weighted by atomic mass is 9.80. The highest BCUT2D eigenvalue weighted by atomic mass is 14.2. The van der Waals surface area contributed by atoms with Crippen LogP contribution in [0.2, 0.25) is 0 Å². The predicted octanol–water partition coefficient (Wildman–Crippen LogP) is 4.36. The van der Waals surface area contributed by atoms with Crippen LogP contribution in [0.4, 0.5) is 0 Å². The summed E-state index contributed by atoms with van der Waals surface area (Å²) in [5.41, 5.74) is 1.77. The first kappa shape index (κ1) is 11.7. The monoisotopic (exact) mass is 167 g/mol. The van der Waals surface area contributed by atoms with Gasteiger partial charge in [0.1, 0.15) is 0 Å². The molecule has 0 aliphatic carbocycles. The molecular weight excluding hydrogens is 144 g/mol. The molecule has 0 aliphatic heterocycles. The number of rotatable bonds is 5. The van der Waals surface area contributed by atoms with E-state index in [4.69, 9.17) is 0 Å². The topological polar surface area (TPSA) is 0 Å². The van der Waals surface area contributed by atoms with Crippen molar-refractivity contribution in [3.8, 4) is 0 Å². The first-order valence-corrected chi connectivity index (χ1v) is 5.06. The molecule has 1 radical (unpaired) electrons. The van der Waals surface area contributed by atoms with Gasteiger partial charge in [0, 0.05) is 0 Å². The molecule has 0 aromatic rings. The molecule has 0 saturated heterocycles. The summed E-state index contributed by atoms with van der Waals surface area (Å²) in [6.07, 6.45) is 8.57. The van der Waals surface area contributed by atoms with Crippen LogP contribution >= 0.6 is 0 Å². The van der Waals surface area contributed by atoms with Crippen LogP contribution < -0.4 is 0 Å². The van der Waals surface area contributed by atoms with Crippen LogP contribution in [0.5, 0.6) is 0 Å². The number of hydrogen-bond donors (Lipinski definition) is 0. The highest BCUT2D eigenvalue weighted by Crippen LogP contribution is 2.31. The van der Waals surface area contributed by atoms with Gasteiger partial charge >= 0.3 is 0 Å². The Morgan fingerprint density at radius 2 is 1.83 bits per heavy atom. The van der Waals surface area contributed by atoms with E-state index in [0.717, 1.165) is 0 Å². The number of hydrogen-bond acceptors (Lipinski definition) is 0. The molecule has 0 rings (SSSR count). The molecule has 0 fully saturated rings. The Morgan fingerprint density at radius 3 is 2.25 bits per heavy atom. The van der Waals surface area contributed by atoms with Crippen molar-refractivity contribution >= 4 is 0 Å². The third-order valence-electron chi connectivity index (χ3n) is 2.80. The van der Waals surface area contributed by atoms with Gasteiger partial charge in [-0.15, -0.1) is 0 Å². The molecule has 0 N–H and O–H groups in total. The fourth-order valence-corrected chi connectivity index (χ4v) is 1.34. The van der Waals surface area contributed by atoms with Crippen molar-refractivity contribution in [1.82, 2.24) is 0 Å². The third kappa shape index (κ3) is 3.94. The summed E-state index contributed by atoms with van der Waals surface area (Å²) in [5, 5.41) is 0. The Labute approximate surface area is 78.1 Å². The average molecular weight is 167 g/mol. The number of allylic oxidation sites excluding steroid dienone is 2. The minimum Gasteiger partial charge on any atom is -0.0654 e. The van der Waals surface area contributed by atoms with E-state index >= 15 is 0 Å². The van der Waals surface area contributed by atoms with Crippen LogP contribution in [0, 0.1) is 11.5 Å². The largest absolute Gasteiger partial charge is 0.0654 e. The van der Waals surface area contributed by atoms with Gasteiger partial charge in [0.25, 0.3) is 0 Å². The van der Waals surface area contributed by atoms with Gasteiger partial charge in [-0.1, -0.05) is 45.6 Å². The van der Waals surface area contributed by atoms with Crippen molar-refractivity contribution in [2.75, 3.05) is 0 Å². The van der Waals surface area contributed by atoms with Gasteiger partial charge in [-0.25, -0.2) is 0 Å². The van der Waals surface area contributed by atoms with Gasteiger partial charge in [0.05, 0.1) is 0 Å². The molecular formula is C12H23. The van der Waals surface area contributed by atoms with E-state index in [-0.39, 0.29) is 0 Å². The van der Waals surface area contributed by atoms with Crippen molar-refractivity contribution in [3.05, 3.63) is 11.6 Å². The zero-order valence-electron chi connectivity index (χ0n) is 9.33. The van der Waals surface area contributed by atoms with Crippen LogP contribution in [0.15, 0.2) is 5.57 Å². The van der Waals surface area contributed by atoms with Crippen LogP contribution in [0.25, 0.3) is 0 Å². The zero-order chi connectivity index (χ0) is 9.61. The average Bonchev–Trinajstić information content (AvgIpc) is 2.03. The van der Waals surface area contributed by atoms with Gasteiger partial charge in [0.2, 0.25) is 0 Å². The third-order valence-corrected chi connectivity index (χ3v) is 2.80. The number of unbranched alkanes of at least 4 members (excludes halogenated alkanes) is 2. The highest BCUT2D eigenvalue weighted by Gasteiger charge is 2.18. The van der Waals surface area contributed by atoms with Gasteiger partial charge < -0.3 is 0 Å². The van der Waals surface area contributed by atoms with E-state index in [2.05, 4.69) is 33.8 Å². The maximum Gasteiger partial charge on any atom is -0.0142 e. The molecule has 0 bridgehead atoms. The summed E-state index contributed by atoms with van der Waals surface area (Å²) in [6, 6.07) is 0. The molecule has 0 amide bonds. The lowest BCUT2D eigenvalue weighted by molar-refractivity contribution is 0.385. The SMILES string of the molecule is C/[C]=C(/C)C(C)(C)CCCCC. The van der Waals surface area contributed by atoms with Gasteiger partial charge in [-0.05, 0) is 31.8 Å². The van der Waals surface area contributed by atoms with E-state index < -0.39 is 0 Å². The van der Waals surface area contributed by atoms with E-state index in [9.17, 15) is 0 Å². The highest BCUT2D eigenvalue weighted by molar-refractivity contribution is 5.03. The molecule has 0 spiro atoms. The summed E-state index contributed by atoms with van der Waals surface area (Å²) in [4.78, 5) is 0. The second kappa shape index (κ2) is 5.40. The molecule has 0 heteroatoms. The lowest BCUT2D eigenvalue weighted by Crippen LogP contribution is -2.12. The first-order chi connectivity index (χ1) is 5.54. The molecule has 0 aliphatic rings. The molecule has 0 atom stereocenters. The van der Waals surface area contributed by atoms with E-state index in [1.165, 1.54) is 31.3 Å². The molecule has 12 heavy (non-hydrogen) atoms. The predicted molar refractivity (Wildman–Crippen MR) is 56.0 cm³/mol. The summed E-state index contributed by atoms with van der Waals surface area (Å²) in [7, 11) is 0. The van der Waals surface area contributed by atoms with Crippen molar-refractivity contribution in [2.24, 2.45) is 5.41 Å². The Balaban J connectivity index is 3.87. The fourth-order valence-electron chi connectivity index (χ4n) is 1.34. The smallest absolute Gasteiger partial charge is 0.0142 e. The molecule has 0 aromatic carbocycles. The van der Waals surface area contributed by atoms with E-state index in [0.29, 0.717) is 5.41 Å². The molecule has 0 aromatic heterocycles. The van der Waals surface area contributed by atoms with Crippen molar-refractivity contribution in [2.45, 2.75) is 60.3 Å². The Bertz CT molecular complexity index is 140. The molecule has 0 saturated carbocycles. The van der Waals surface area contributed by atoms with Gasteiger partial charge in [-0.3, -0.25) is 0 Å². The van der Waals surface area contributed by atoms with E-state index in [1.54, 1.807) is 0 Å². The summed E-state index contributed by atoms with van der Waals surface area (Å²) < 4.78 is 0. The Hall–Kier alpha value is -0.260. The quantitative estimate of drug-likeness (QED) is 0.534. The lowest BCUT2D eigenvalue weighted by Gasteiger charge is -2.25. The second-order valence-electron chi connectivity index (χ2n) is 4.22. The normalized spacial score (nSPS) is 13.6. The first-order valence-electron chi connectivity index (χ1n) is 5.06. The van der Waals surface area contributed by atoms with Crippen molar-refractivity contribution in [3.63, 3.8) is 0 Å². The molecule has 0 nitrogen and oxygen atoms in total. The Kier molecular flexibility index (Phi) is 5.28. The second-order valence-corrected chi connectivity index (χ2v) is 4.22. The minimum absolute atomic E-state index is 0.365. The molecule has 0 heterocycles. The summed E-state index contributed by atoms with van der Waals surface area (Å²) in [5.74, 6) is 0. The molecule has 0 unspecified atom stereocenters. The standard InChI is InChI=1S/C12H23/c1-6-8-9-10-12(4,5)11(3)7-2/h6,8-10H2,1-5H3.